The number of hydrazine groups is 1. The summed E-state index contributed by atoms with van der Waals surface area (Å²) in [5, 5.41) is 0. The SMILES string of the molecule is COc1ccc(CC(=O)NNC(=O)c2ccc(C)cc2C)c(OC)c1OC. The van der Waals surface area contributed by atoms with Gasteiger partial charge in [-0.15, -0.1) is 0 Å². The highest BCUT2D eigenvalue weighted by atomic mass is 16.5. The van der Waals surface area contributed by atoms with Gasteiger partial charge in [0.1, 0.15) is 0 Å². The Morgan fingerprint density at radius 2 is 1.59 bits per heavy atom. The molecule has 144 valence electrons. The molecule has 0 unspecified atom stereocenters. The van der Waals surface area contributed by atoms with Gasteiger partial charge in [0, 0.05) is 11.1 Å². The van der Waals surface area contributed by atoms with Gasteiger partial charge in [-0.3, -0.25) is 20.4 Å². The molecule has 0 aromatic heterocycles. The van der Waals surface area contributed by atoms with E-state index in [2.05, 4.69) is 10.9 Å². The molecule has 0 aliphatic heterocycles. The minimum atomic E-state index is -0.390. The van der Waals surface area contributed by atoms with E-state index in [9.17, 15) is 9.59 Å². The number of benzene rings is 2. The molecule has 7 heteroatoms. The van der Waals surface area contributed by atoms with Crippen molar-refractivity contribution in [2.45, 2.75) is 20.3 Å². The predicted molar refractivity (Wildman–Crippen MR) is 101 cm³/mol. The fourth-order valence-electron chi connectivity index (χ4n) is 2.78. The van der Waals surface area contributed by atoms with E-state index in [-0.39, 0.29) is 12.3 Å². The number of hydrogen-bond acceptors (Lipinski definition) is 5. The van der Waals surface area contributed by atoms with Gasteiger partial charge in [0.25, 0.3) is 5.91 Å². The predicted octanol–water partition coefficient (Wildman–Crippen LogP) is 2.33. The summed E-state index contributed by atoms with van der Waals surface area (Å²) in [6.45, 7) is 3.80. The Labute approximate surface area is 158 Å². The summed E-state index contributed by atoms with van der Waals surface area (Å²) in [7, 11) is 4.50. The third-order valence-electron chi connectivity index (χ3n) is 4.08. The highest BCUT2D eigenvalue weighted by Crippen LogP contribution is 2.39. The van der Waals surface area contributed by atoms with Crippen LogP contribution < -0.4 is 25.1 Å². The first-order valence-electron chi connectivity index (χ1n) is 8.35. The van der Waals surface area contributed by atoms with Gasteiger partial charge in [0.15, 0.2) is 11.5 Å². The van der Waals surface area contributed by atoms with Crippen LogP contribution in [0.15, 0.2) is 30.3 Å². The molecule has 2 aromatic rings. The molecular formula is C20H24N2O5. The molecule has 2 rings (SSSR count). The molecule has 27 heavy (non-hydrogen) atoms. The topological polar surface area (TPSA) is 85.9 Å². The Morgan fingerprint density at radius 1 is 0.889 bits per heavy atom. The van der Waals surface area contributed by atoms with Crippen LogP contribution in [0.4, 0.5) is 0 Å². The maximum Gasteiger partial charge on any atom is 0.269 e. The molecule has 0 saturated carbocycles. The summed E-state index contributed by atoms with van der Waals surface area (Å²) in [5.74, 6) is 0.553. The van der Waals surface area contributed by atoms with Crippen LogP contribution in [-0.4, -0.2) is 33.1 Å². The van der Waals surface area contributed by atoms with Crippen LogP contribution in [0.2, 0.25) is 0 Å². The van der Waals surface area contributed by atoms with Gasteiger partial charge >= 0.3 is 0 Å². The maximum absolute atomic E-state index is 12.3. The van der Waals surface area contributed by atoms with Crippen molar-refractivity contribution in [1.82, 2.24) is 10.9 Å². The molecule has 0 bridgehead atoms. The van der Waals surface area contributed by atoms with Crippen molar-refractivity contribution in [1.29, 1.82) is 0 Å². The number of rotatable bonds is 6. The zero-order valence-corrected chi connectivity index (χ0v) is 16.1. The van der Waals surface area contributed by atoms with E-state index in [1.54, 1.807) is 18.2 Å². The summed E-state index contributed by atoms with van der Waals surface area (Å²) < 4.78 is 15.9. The van der Waals surface area contributed by atoms with Crippen molar-refractivity contribution >= 4 is 11.8 Å². The second-order valence-corrected chi connectivity index (χ2v) is 5.99. The summed E-state index contributed by atoms with van der Waals surface area (Å²) >= 11 is 0. The van der Waals surface area contributed by atoms with E-state index in [1.165, 1.54) is 21.3 Å². The summed E-state index contributed by atoms with van der Waals surface area (Å²) in [4.78, 5) is 24.5. The lowest BCUT2D eigenvalue weighted by Gasteiger charge is -2.16. The molecule has 0 saturated heterocycles. The van der Waals surface area contributed by atoms with Crippen molar-refractivity contribution < 1.29 is 23.8 Å². The highest BCUT2D eigenvalue weighted by molar-refractivity contribution is 5.96. The van der Waals surface area contributed by atoms with Crippen LogP contribution >= 0.6 is 0 Å². The van der Waals surface area contributed by atoms with Gasteiger partial charge in [-0.05, 0) is 31.5 Å². The van der Waals surface area contributed by atoms with Crippen molar-refractivity contribution in [2.24, 2.45) is 0 Å². The van der Waals surface area contributed by atoms with Gasteiger partial charge < -0.3 is 14.2 Å². The number of methoxy groups -OCH3 is 3. The van der Waals surface area contributed by atoms with Crippen molar-refractivity contribution in [3.63, 3.8) is 0 Å². The second kappa shape index (κ2) is 8.93. The highest BCUT2D eigenvalue weighted by Gasteiger charge is 2.18. The monoisotopic (exact) mass is 372 g/mol. The molecule has 0 atom stereocenters. The number of carbonyl (C=O) groups excluding carboxylic acids is 2. The molecule has 2 N–H and O–H groups in total. The van der Waals surface area contributed by atoms with Crippen LogP contribution in [0, 0.1) is 13.8 Å². The zero-order chi connectivity index (χ0) is 20.0. The molecule has 0 aliphatic rings. The molecule has 0 heterocycles. The Hall–Kier alpha value is -3.22. The molecule has 0 fully saturated rings. The average molecular weight is 372 g/mol. The number of carbonyl (C=O) groups is 2. The average Bonchev–Trinajstić information content (AvgIpc) is 2.65. The molecule has 2 amide bonds. The lowest BCUT2D eigenvalue weighted by molar-refractivity contribution is -0.121. The Morgan fingerprint density at radius 3 is 2.19 bits per heavy atom. The van der Waals surface area contributed by atoms with Crippen molar-refractivity contribution in [2.75, 3.05) is 21.3 Å². The fourth-order valence-corrected chi connectivity index (χ4v) is 2.78. The standard InChI is InChI=1S/C20H24N2O5/c1-12-6-8-15(13(2)10-12)20(24)22-21-17(23)11-14-7-9-16(25-3)19(27-5)18(14)26-4/h6-10H,11H2,1-5H3,(H,21,23)(H,22,24). The third kappa shape index (κ3) is 4.69. The lowest BCUT2D eigenvalue weighted by Crippen LogP contribution is -2.42. The summed E-state index contributed by atoms with van der Waals surface area (Å²) in [6, 6.07) is 8.89. The maximum atomic E-state index is 12.3. The first kappa shape index (κ1) is 20.1. The Balaban J connectivity index is 2.06. The van der Waals surface area contributed by atoms with Gasteiger partial charge in [0.05, 0.1) is 27.8 Å². The van der Waals surface area contributed by atoms with E-state index in [1.807, 2.05) is 26.0 Å². The molecule has 2 aromatic carbocycles. The lowest BCUT2D eigenvalue weighted by atomic mass is 10.1. The van der Waals surface area contributed by atoms with E-state index in [0.29, 0.717) is 28.4 Å². The number of nitrogens with one attached hydrogen (secondary N) is 2. The third-order valence-corrected chi connectivity index (χ3v) is 4.08. The molecule has 0 aliphatic carbocycles. The minimum Gasteiger partial charge on any atom is -0.493 e. The van der Waals surface area contributed by atoms with Gasteiger partial charge in [0.2, 0.25) is 11.7 Å². The summed E-state index contributed by atoms with van der Waals surface area (Å²) in [6.07, 6.45) is -0.00329. The Bertz CT molecular complexity index is 849. The minimum absolute atomic E-state index is 0.00329. The van der Waals surface area contributed by atoms with Crippen molar-refractivity contribution in [3.05, 3.63) is 52.6 Å². The number of ether oxygens (including phenoxy) is 3. The van der Waals surface area contributed by atoms with Gasteiger partial charge in [-0.2, -0.15) is 0 Å². The second-order valence-electron chi connectivity index (χ2n) is 5.99. The number of amides is 2. The zero-order valence-electron chi connectivity index (χ0n) is 16.1. The first-order valence-corrected chi connectivity index (χ1v) is 8.35. The van der Waals surface area contributed by atoms with Crippen LogP contribution in [0.25, 0.3) is 0 Å². The van der Waals surface area contributed by atoms with Crippen LogP contribution in [-0.2, 0) is 11.2 Å². The van der Waals surface area contributed by atoms with Crippen molar-refractivity contribution in [3.8, 4) is 17.2 Å². The fraction of sp³-hybridized carbons (Fsp3) is 0.300. The largest absolute Gasteiger partial charge is 0.493 e. The van der Waals surface area contributed by atoms with E-state index < -0.39 is 5.91 Å². The van der Waals surface area contributed by atoms with Gasteiger partial charge in [-0.1, -0.05) is 23.8 Å². The first-order chi connectivity index (χ1) is 12.9. The molecular weight excluding hydrogens is 348 g/mol. The molecule has 0 spiro atoms. The van der Waals surface area contributed by atoms with Crippen LogP contribution in [0.3, 0.4) is 0 Å². The van der Waals surface area contributed by atoms with Crippen LogP contribution in [0.1, 0.15) is 27.0 Å². The quantitative estimate of drug-likeness (QED) is 0.760. The van der Waals surface area contributed by atoms with Crippen LogP contribution in [0.5, 0.6) is 17.2 Å². The summed E-state index contributed by atoms with van der Waals surface area (Å²) in [5.41, 5.74) is 7.86. The Kier molecular flexibility index (Phi) is 6.65. The normalized spacial score (nSPS) is 10.1. The smallest absolute Gasteiger partial charge is 0.269 e. The van der Waals surface area contributed by atoms with E-state index in [0.717, 1.165) is 11.1 Å². The van der Waals surface area contributed by atoms with E-state index >= 15 is 0 Å². The molecule has 7 nitrogen and oxygen atoms in total. The number of hydrogen-bond donors (Lipinski definition) is 2. The molecule has 0 radical (unpaired) electrons. The van der Waals surface area contributed by atoms with E-state index in [4.69, 9.17) is 14.2 Å². The van der Waals surface area contributed by atoms with Gasteiger partial charge in [-0.25, -0.2) is 0 Å². The number of aryl methyl sites for hydroxylation is 2.